The van der Waals surface area contributed by atoms with Crippen LogP contribution < -0.4 is 14.2 Å². The first kappa shape index (κ1) is 26.1. The van der Waals surface area contributed by atoms with Crippen LogP contribution in [0.4, 0.5) is 4.39 Å². The molecule has 0 spiro atoms. The molecule has 9 heteroatoms. The molecule has 0 bridgehead atoms. The van der Waals surface area contributed by atoms with Gasteiger partial charge in [0.25, 0.3) is 0 Å². The maximum Gasteiger partial charge on any atom is 0.312 e. The number of esters is 2. The fraction of sp³-hybridized carbons (Fsp3) is 0.345. The molecule has 1 atom stereocenters. The van der Waals surface area contributed by atoms with Crippen LogP contribution in [0.5, 0.6) is 16.6 Å². The van der Waals surface area contributed by atoms with Gasteiger partial charge < -0.3 is 14.2 Å². The summed E-state index contributed by atoms with van der Waals surface area (Å²) in [5.41, 5.74) is 1.37. The molecule has 198 valence electrons. The van der Waals surface area contributed by atoms with Crippen molar-refractivity contribution >= 4 is 29.1 Å². The zero-order valence-electron chi connectivity index (χ0n) is 21.0. The Morgan fingerprint density at radius 1 is 1.00 bits per heavy atom. The number of thiophene rings is 1. The van der Waals surface area contributed by atoms with Gasteiger partial charge in [0.15, 0.2) is 22.3 Å². The number of benzene rings is 2. The molecule has 2 heterocycles. The number of fused-ring (bicyclic) bond motifs is 1. The largest absolute Gasteiger partial charge is 0.493 e. The van der Waals surface area contributed by atoms with E-state index in [1.54, 1.807) is 48.5 Å². The van der Waals surface area contributed by atoms with Crippen LogP contribution >= 0.6 is 11.3 Å². The first-order valence-electron chi connectivity index (χ1n) is 12.6. The Bertz CT molecular complexity index is 1350. The van der Waals surface area contributed by atoms with Gasteiger partial charge in [0.2, 0.25) is 0 Å². The van der Waals surface area contributed by atoms with Gasteiger partial charge >= 0.3 is 11.9 Å². The number of methoxy groups -OCH3 is 1. The average molecular weight is 538 g/mol. The predicted octanol–water partition coefficient (Wildman–Crippen LogP) is 5.27. The SMILES string of the molecule is COc1ccccc1OC(=O)CCC(=O)Oc1cc2c(s1)CCN(C(C(=O)C1CC1)c1ccccc1F)C2. The van der Waals surface area contributed by atoms with Gasteiger partial charge in [0.05, 0.1) is 26.0 Å². The van der Waals surface area contributed by atoms with Crippen LogP contribution in [0.3, 0.4) is 0 Å². The number of para-hydroxylation sites is 2. The highest BCUT2D eigenvalue weighted by atomic mass is 32.1. The molecule has 2 aliphatic rings. The monoisotopic (exact) mass is 537 g/mol. The summed E-state index contributed by atoms with van der Waals surface area (Å²) in [6.07, 6.45) is 2.12. The highest BCUT2D eigenvalue weighted by molar-refractivity contribution is 7.14. The van der Waals surface area contributed by atoms with Crippen LogP contribution in [0, 0.1) is 11.7 Å². The molecule has 0 saturated heterocycles. The Morgan fingerprint density at radius 3 is 2.39 bits per heavy atom. The van der Waals surface area contributed by atoms with E-state index in [4.69, 9.17) is 14.2 Å². The number of nitrogens with zero attached hydrogens (tertiary/aromatic N) is 1. The van der Waals surface area contributed by atoms with E-state index in [-0.39, 0.29) is 36.1 Å². The van der Waals surface area contributed by atoms with Crippen LogP contribution in [0.15, 0.2) is 54.6 Å². The maximum absolute atomic E-state index is 14.7. The second-order valence-corrected chi connectivity index (χ2v) is 10.5. The van der Waals surface area contributed by atoms with E-state index in [9.17, 15) is 18.8 Å². The fourth-order valence-corrected chi connectivity index (χ4v) is 5.69. The molecule has 5 rings (SSSR count). The lowest BCUT2D eigenvalue weighted by molar-refractivity contribution is -0.140. The molecule has 0 amide bonds. The Morgan fingerprint density at radius 2 is 1.68 bits per heavy atom. The first-order valence-corrected chi connectivity index (χ1v) is 13.4. The van der Waals surface area contributed by atoms with Crippen molar-refractivity contribution in [3.8, 4) is 16.6 Å². The average Bonchev–Trinajstić information content (AvgIpc) is 3.69. The molecule has 3 aromatic rings. The summed E-state index contributed by atoms with van der Waals surface area (Å²) in [7, 11) is 1.48. The molecular weight excluding hydrogens is 509 g/mol. The molecule has 2 aromatic carbocycles. The number of halogens is 1. The highest BCUT2D eigenvalue weighted by Crippen LogP contribution is 2.41. The summed E-state index contributed by atoms with van der Waals surface area (Å²) in [6.45, 7) is 1.07. The maximum atomic E-state index is 14.7. The molecule has 1 fully saturated rings. The molecule has 0 N–H and O–H groups in total. The minimum Gasteiger partial charge on any atom is -0.493 e. The molecule has 38 heavy (non-hydrogen) atoms. The zero-order chi connectivity index (χ0) is 26.6. The van der Waals surface area contributed by atoms with Crippen molar-refractivity contribution in [3.05, 3.63) is 76.4 Å². The number of ketones is 1. The number of carbonyl (C=O) groups is 3. The molecule has 1 aliphatic heterocycles. The van der Waals surface area contributed by atoms with Crippen molar-refractivity contribution < 1.29 is 33.0 Å². The lowest BCUT2D eigenvalue weighted by Crippen LogP contribution is -2.38. The third-order valence-electron chi connectivity index (χ3n) is 6.73. The minimum absolute atomic E-state index is 0.00494. The smallest absolute Gasteiger partial charge is 0.312 e. The molecule has 1 saturated carbocycles. The van der Waals surface area contributed by atoms with Crippen molar-refractivity contribution in [2.24, 2.45) is 5.92 Å². The van der Waals surface area contributed by atoms with Crippen LogP contribution in [0.2, 0.25) is 0 Å². The molecule has 1 aromatic heterocycles. The number of hydrogen-bond acceptors (Lipinski definition) is 8. The van der Waals surface area contributed by atoms with Crippen LogP contribution in [0.25, 0.3) is 0 Å². The third-order valence-corrected chi connectivity index (χ3v) is 7.84. The molecule has 7 nitrogen and oxygen atoms in total. The summed E-state index contributed by atoms with van der Waals surface area (Å²) in [6, 6.07) is 14.4. The number of ether oxygens (including phenoxy) is 3. The van der Waals surface area contributed by atoms with Crippen LogP contribution in [-0.4, -0.2) is 36.3 Å². The van der Waals surface area contributed by atoms with Gasteiger partial charge in [-0.2, -0.15) is 0 Å². The van der Waals surface area contributed by atoms with E-state index >= 15 is 0 Å². The Kier molecular flexibility index (Phi) is 7.85. The van der Waals surface area contributed by atoms with E-state index in [0.717, 1.165) is 23.3 Å². The summed E-state index contributed by atoms with van der Waals surface area (Å²) in [5, 5.41) is 0.441. The van der Waals surface area contributed by atoms with Gasteiger partial charge in [0, 0.05) is 29.4 Å². The topological polar surface area (TPSA) is 82.1 Å². The molecule has 1 unspecified atom stereocenters. The summed E-state index contributed by atoms with van der Waals surface area (Å²) in [4.78, 5) is 40.9. The quantitative estimate of drug-likeness (QED) is 0.258. The summed E-state index contributed by atoms with van der Waals surface area (Å²) >= 11 is 1.38. The van der Waals surface area contributed by atoms with E-state index in [1.807, 2.05) is 4.90 Å². The van der Waals surface area contributed by atoms with E-state index in [1.165, 1.54) is 24.5 Å². The number of carbonyl (C=O) groups excluding carboxylic acids is 3. The van der Waals surface area contributed by atoms with E-state index in [0.29, 0.717) is 35.9 Å². The lowest BCUT2D eigenvalue weighted by Gasteiger charge is -2.34. The number of rotatable bonds is 10. The summed E-state index contributed by atoms with van der Waals surface area (Å²) < 4.78 is 30.7. The predicted molar refractivity (Wildman–Crippen MR) is 139 cm³/mol. The van der Waals surface area contributed by atoms with Gasteiger partial charge in [-0.05, 0) is 49.1 Å². The van der Waals surface area contributed by atoms with Crippen molar-refractivity contribution in [3.63, 3.8) is 0 Å². The standard InChI is InChI=1S/C29H28FNO6S/c1-35-22-8-4-5-9-23(22)36-25(32)12-13-26(33)37-27-16-19-17-31(15-14-24(19)38-27)28(29(34)18-10-11-18)20-6-2-3-7-21(20)30/h2-9,16,18,28H,10-15,17H2,1H3. The zero-order valence-corrected chi connectivity index (χ0v) is 21.8. The van der Waals surface area contributed by atoms with E-state index < -0.39 is 18.0 Å². The van der Waals surface area contributed by atoms with Crippen molar-refractivity contribution in [2.45, 2.75) is 44.7 Å². The van der Waals surface area contributed by atoms with Gasteiger partial charge in [-0.1, -0.05) is 30.3 Å². The molecule has 1 aliphatic carbocycles. The first-order chi connectivity index (χ1) is 18.4. The summed E-state index contributed by atoms with van der Waals surface area (Å²) in [5.74, 6) is -0.690. The Labute approximate surface area is 224 Å². The second kappa shape index (κ2) is 11.4. The van der Waals surface area contributed by atoms with Gasteiger partial charge in [0.1, 0.15) is 5.82 Å². The normalized spacial score (nSPS) is 15.8. The van der Waals surface area contributed by atoms with Crippen molar-refractivity contribution in [1.29, 1.82) is 0 Å². The van der Waals surface area contributed by atoms with E-state index in [2.05, 4.69) is 0 Å². The molecular formula is C29H28FNO6S. The van der Waals surface area contributed by atoms with Gasteiger partial charge in [-0.25, -0.2) is 4.39 Å². The van der Waals surface area contributed by atoms with Crippen molar-refractivity contribution in [2.75, 3.05) is 13.7 Å². The third kappa shape index (κ3) is 5.95. The van der Waals surface area contributed by atoms with Crippen LogP contribution in [-0.2, 0) is 27.3 Å². The highest BCUT2D eigenvalue weighted by Gasteiger charge is 2.40. The minimum atomic E-state index is -0.628. The number of Topliss-reactive ketones (excluding diaryl/α,β-unsaturated/α-hetero) is 1. The molecule has 0 radical (unpaired) electrons. The van der Waals surface area contributed by atoms with Gasteiger partial charge in [-0.3, -0.25) is 19.3 Å². The lowest BCUT2D eigenvalue weighted by atomic mass is 9.95. The Hall–Kier alpha value is -3.56. The number of hydrogen-bond donors (Lipinski definition) is 0. The van der Waals surface area contributed by atoms with Gasteiger partial charge in [-0.15, -0.1) is 11.3 Å². The Balaban J connectivity index is 1.20. The van der Waals surface area contributed by atoms with Crippen molar-refractivity contribution in [1.82, 2.24) is 4.90 Å². The van der Waals surface area contributed by atoms with Crippen LogP contribution in [0.1, 0.15) is 47.7 Å². The second-order valence-electron chi connectivity index (χ2n) is 9.43. The fourth-order valence-electron chi connectivity index (χ4n) is 4.66.